The van der Waals surface area contributed by atoms with E-state index in [-0.39, 0.29) is 24.0 Å². The molecule has 0 bridgehead atoms. The Morgan fingerprint density at radius 3 is 2.68 bits per heavy atom. The second kappa shape index (κ2) is 6.84. The first-order valence-electron chi connectivity index (χ1n) is 8.72. The summed E-state index contributed by atoms with van der Waals surface area (Å²) < 4.78 is 18.9. The molecular weight excluding hydrogens is 319 g/mol. The Morgan fingerprint density at radius 1 is 1.20 bits per heavy atom. The molecule has 0 radical (unpaired) electrons. The fourth-order valence-electron chi connectivity index (χ4n) is 3.51. The number of ether oxygens (including phenoxy) is 1. The van der Waals surface area contributed by atoms with Gasteiger partial charge < -0.3 is 10.1 Å². The molecule has 2 aliphatic rings. The van der Waals surface area contributed by atoms with Crippen molar-refractivity contribution in [2.45, 2.75) is 24.9 Å². The molecule has 25 heavy (non-hydrogen) atoms. The number of rotatable bonds is 3. The van der Waals surface area contributed by atoms with E-state index in [4.69, 9.17) is 4.74 Å². The van der Waals surface area contributed by atoms with E-state index in [1.807, 2.05) is 18.2 Å². The SMILES string of the molecule is O=C(OCC1CCN1)N1CCc2ccccc2[C@@H]1c1ccc(F)cc1. The molecule has 1 N–H and O–H groups in total. The van der Waals surface area contributed by atoms with Crippen LogP contribution in [0.2, 0.25) is 0 Å². The molecule has 0 aliphatic carbocycles. The van der Waals surface area contributed by atoms with Crippen LogP contribution in [0.15, 0.2) is 48.5 Å². The molecule has 1 amide bonds. The van der Waals surface area contributed by atoms with Crippen molar-refractivity contribution in [3.05, 3.63) is 71.0 Å². The largest absolute Gasteiger partial charge is 0.448 e. The molecule has 5 heteroatoms. The first kappa shape index (κ1) is 16.1. The summed E-state index contributed by atoms with van der Waals surface area (Å²) in [5.74, 6) is -0.280. The molecule has 4 rings (SSSR count). The topological polar surface area (TPSA) is 41.6 Å². The van der Waals surface area contributed by atoms with Crippen molar-refractivity contribution in [1.29, 1.82) is 0 Å². The van der Waals surface area contributed by atoms with Gasteiger partial charge in [0.15, 0.2) is 0 Å². The van der Waals surface area contributed by atoms with Crippen LogP contribution in [0, 0.1) is 5.82 Å². The number of halogens is 1. The van der Waals surface area contributed by atoms with Crippen molar-refractivity contribution in [2.75, 3.05) is 19.7 Å². The average Bonchev–Trinajstić information content (AvgIpc) is 2.60. The summed E-state index contributed by atoms with van der Waals surface area (Å²) in [7, 11) is 0. The maximum atomic E-state index is 13.3. The third kappa shape index (κ3) is 3.24. The van der Waals surface area contributed by atoms with Crippen LogP contribution < -0.4 is 5.32 Å². The van der Waals surface area contributed by atoms with Crippen molar-refractivity contribution in [2.24, 2.45) is 0 Å². The van der Waals surface area contributed by atoms with E-state index in [1.54, 1.807) is 17.0 Å². The molecular formula is C20H21FN2O2. The van der Waals surface area contributed by atoms with E-state index in [0.717, 1.165) is 30.5 Å². The van der Waals surface area contributed by atoms with Crippen LogP contribution in [0.4, 0.5) is 9.18 Å². The molecule has 0 saturated carbocycles. The number of hydrogen-bond acceptors (Lipinski definition) is 3. The fraction of sp³-hybridized carbons (Fsp3) is 0.350. The van der Waals surface area contributed by atoms with Crippen molar-refractivity contribution >= 4 is 6.09 Å². The fourth-order valence-corrected chi connectivity index (χ4v) is 3.51. The van der Waals surface area contributed by atoms with Gasteiger partial charge in [0.1, 0.15) is 12.4 Å². The minimum atomic E-state index is -0.308. The summed E-state index contributed by atoms with van der Waals surface area (Å²) in [6.45, 7) is 1.97. The average molecular weight is 340 g/mol. The molecule has 2 heterocycles. The molecule has 2 aliphatic heterocycles. The van der Waals surface area contributed by atoms with Crippen LogP contribution >= 0.6 is 0 Å². The Morgan fingerprint density at radius 2 is 1.96 bits per heavy atom. The zero-order valence-electron chi connectivity index (χ0n) is 14.0. The highest BCUT2D eigenvalue weighted by Gasteiger charge is 2.33. The molecule has 2 aromatic carbocycles. The lowest BCUT2D eigenvalue weighted by Crippen LogP contribution is -2.48. The summed E-state index contributed by atoms with van der Waals surface area (Å²) in [5.41, 5.74) is 3.20. The minimum Gasteiger partial charge on any atom is -0.448 e. The Labute approximate surface area is 146 Å². The first-order chi connectivity index (χ1) is 12.2. The second-order valence-electron chi connectivity index (χ2n) is 6.61. The first-order valence-corrected chi connectivity index (χ1v) is 8.72. The van der Waals surface area contributed by atoms with Gasteiger partial charge in [-0.2, -0.15) is 0 Å². The zero-order chi connectivity index (χ0) is 17.2. The van der Waals surface area contributed by atoms with Gasteiger partial charge in [0.05, 0.1) is 6.04 Å². The molecule has 1 unspecified atom stereocenters. The Hall–Kier alpha value is -2.40. The maximum absolute atomic E-state index is 13.3. The third-order valence-corrected chi connectivity index (χ3v) is 5.04. The lowest BCUT2D eigenvalue weighted by atomic mass is 9.88. The van der Waals surface area contributed by atoms with E-state index in [2.05, 4.69) is 11.4 Å². The van der Waals surface area contributed by atoms with E-state index in [1.165, 1.54) is 17.7 Å². The number of carbonyl (C=O) groups is 1. The van der Waals surface area contributed by atoms with Gasteiger partial charge in [-0.25, -0.2) is 9.18 Å². The molecule has 0 spiro atoms. The molecule has 130 valence electrons. The summed E-state index contributed by atoms with van der Waals surface area (Å²) >= 11 is 0. The van der Waals surface area contributed by atoms with Crippen LogP contribution in [0.3, 0.4) is 0 Å². The number of carbonyl (C=O) groups excluding carboxylic acids is 1. The standard InChI is InChI=1S/C20H21FN2O2/c21-16-7-5-15(6-8-16)19-18-4-2-1-3-14(18)10-12-23(19)20(24)25-13-17-9-11-22-17/h1-8,17,19,22H,9-13H2/t17?,19-/m0/s1. The number of hydrogen-bond donors (Lipinski definition) is 1. The minimum absolute atomic E-state index is 0.243. The van der Waals surface area contributed by atoms with Crippen LogP contribution in [0.1, 0.15) is 29.2 Å². The summed E-state index contributed by atoms with van der Waals surface area (Å²) in [6, 6.07) is 14.5. The van der Waals surface area contributed by atoms with Crippen molar-refractivity contribution < 1.29 is 13.9 Å². The molecule has 0 aromatic heterocycles. The molecule has 2 atom stereocenters. The van der Waals surface area contributed by atoms with Gasteiger partial charge in [0, 0.05) is 12.6 Å². The van der Waals surface area contributed by atoms with Crippen LogP contribution in [-0.2, 0) is 11.2 Å². The highest BCUT2D eigenvalue weighted by Crippen LogP contribution is 2.35. The number of nitrogens with zero attached hydrogens (tertiary/aromatic N) is 1. The predicted molar refractivity (Wildman–Crippen MR) is 92.9 cm³/mol. The number of amides is 1. The van der Waals surface area contributed by atoms with E-state index in [0.29, 0.717) is 13.2 Å². The van der Waals surface area contributed by atoms with Gasteiger partial charge in [-0.15, -0.1) is 0 Å². The van der Waals surface area contributed by atoms with Crippen LogP contribution in [0.5, 0.6) is 0 Å². The monoisotopic (exact) mass is 340 g/mol. The highest BCUT2D eigenvalue weighted by molar-refractivity contribution is 5.70. The highest BCUT2D eigenvalue weighted by atomic mass is 19.1. The van der Waals surface area contributed by atoms with Gasteiger partial charge >= 0.3 is 6.09 Å². The predicted octanol–water partition coefficient (Wildman–Crippen LogP) is 3.27. The zero-order valence-corrected chi connectivity index (χ0v) is 14.0. The molecule has 1 fully saturated rings. The molecule has 4 nitrogen and oxygen atoms in total. The van der Waals surface area contributed by atoms with Crippen molar-refractivity contribution in [3.8, 4) is 0 Å². The second-order valence-corrected chi connectivity index (χ2v) is 6.61. The lowest BCUT2D eigenvalue weighted by Gasteiger charge is -2.37. The van der Waals surface area contributed by atoms with Crippen molar-refractivity contribution in [1.82, 2.24) is 10.2 Å². The summed E-state index contributed by atoms with van der Waals surface area (Å²) in [6.07, 6.45) is 1.53. The Bertz CT molecular complexity index is 759. The number of nitrogens with one attached hydrogen (secondary N) is 1. The number of fused-ring (bicyclic) bond motifs is 1. The van der Waals surface area contributed by atoms with Crippen LogP contribution in [-0.4, -0.2) is 36.7 Å². The van der Waals surface area contributed by atoms with Gasteiger partial charge in [-0.3, -0.25) is 4.90 Å². The molecule has 1 saturated heterocycles. The van der Waals surface area contributed by atoms with E-state index < -0.39 is 0 Å². The quantitative estimate of drug-likeness (QED) is 0.932. The van der Waals surface area contributed by atoms with Crippen LogP contribution in [0.25, 0.3) is 0 Å². The van der Waals surface area contributed by atoms with E-state index >= 15 is 0 Å². The van der Waals surface area contributed by atoms with Gasteiger partial charge in [-0.1, -0.05) is 36.4 Å². The Kier molecular flexibility index (Phi) is 4.40. The smallest absolute Gasteiger partial charge is 0.410 e. The van der Waals surface area contributed by atoms with Gasteiger partial charge in [-0.05, 0) is 48.2 Å². The molecule has 2 aromatic rings. The van der Waals surface area contributed by atoms with Crippen molar-refractivity contribution in [3.63, 3.8) is 0 Å². The van der Waals surface area contributed by atoms with Gasteiger partial charge in [0.25, 0.3) is 0 Å². The maximum Gasteiger partial charge on any atom is 0.410 e. The summed E-state index contributed by atoms with van der Waals surface area (Å²) in [4.78, 5) is 14.5. The third-order valence-electron chi connectivity index (χ3n) is 5.04. The Balaban J connectivity index is 1.62. The lowest BCUT2D eigenvalue weighted by molar-refractivity contribution is 0.0733. The number of benzene rings is 2. The normalized spacial score (nSPS) is 22.0. The van der Waals surface area contributed by atoms with Gasteiger partial charge in [0.2, 0.25) is 0 Å². The van der Waals surface area contributed by atoms with E-state index in [9.17, 15) is 9.18 Å². The summed E-state index contributed by atoms with van der Waals surface area (Å²) in [5, 5.41) is 3.23.